The SMILES string of the molecule is Cc1ccc(C)c(C(=O)C(C)N2CCC(O)C(C)C2)c1. The second-order valence-electron chi connectivity index (χ2n) is 6.19. The molecule has 2 rings (SSSR count). The zero-order chi connectivity index (χ0) is 14.9. The summed E-state index contributed by atoms with van der Waals surface area (Å²) in [6.45, 7) is 9.62. The highest BCUT2D eigenvalue weighted by Gasteiger charge is 2.30. The van der Waals surface area contributed by atoms with Gasteiger partial charge in [0.1, 0.15) is 0 Å². The fourth-order valence-corrected chi connectivity index (χ4v) is 2.91. The first-order valence-corrected chi connectivity index (χ1v) is 7.43. The monoisotopic (exact) mass is 275 g/mol. The van der Waals surface area contributed by atoms with E-state index in [1.165, 1.54) is 0 Å². The lowest BCUT2D eigenvalue weighted by molar-refractivity contribution is 0.0204. The third-order valence-corrected chi connectivity index (χ3v) is 4.48. The summed E-state index contributed by atoms with van der Waals surface area (Å²) in [5, 5.41) is 9.80. The van der Waals surface area contributed by atoms with Crippen LogP contribution in [0.15, 0.2) is 18.2 Å². The Morgan fingerprint density at radius 3 is 2.75 bits per heavy atom. The molecule has 110 valence electrons. The lowest BCUT2D eigenvalue weighted by Gasteiger charge is -2.37. The number of hydrogen-bond donors (Lipinski definition) is 1. The molecule has 1 heterocycles. The summed E-state index contributed by atoms with van der Waals surface area (Å²) >= 11 is 0. The third kappa shape index (κ3) is 3.10. The van der Waals surface area contributed by atoms with Crippen molar-refractivity contribution < 1.29 is 9.90 Å². The number of rotatable bonds is 3. The Morgan fingerprint density at radius 1 is 1.40 bits per heavy atom. The molecule has 0 radical (unpaired) electrons. The van der Waals surface area contributed by atoms with Crippen molar-refractivity contribution in [2.75, 3.05) is 13.1 Å². The molecule has 1 aliphatic heterocycles. The number of carbonyl (C=O) groups excluding carboxylic acids is 1. The largest absolute Gasteiger partial charge is 0.393 e. The van der Waals surface area contributed by atoms with E-state index in [-0.39, 0.29) is 23.8 Å². The Bertz CT molecular complexity index is 498. The molecule has 0 aliphatic carbocycles. The van der Waals surface area contributed by atoms with Gasteiger partial charge in [0, 0.05) is 18.7 Å². The molecule has 3 unspecified atom stereocenters. The highest BCUT2D eigenvalue weighted by Crippen LogP contribution is 2.21. The van der Waals surface area contributed by atoms with E-state index in [2.05, 4.69) is 4.90 Å². The van der Waals surface area contributed by atoms with Gasteiger partial charge in [-0.05, 0) is 44.7 Å². The van der Waals surface area contributed by atoms with Crippen molar-refractivity contribution in [2.45, 2.75) is 46.3 Å². The summed E-state index contributed by atoms with van der Waals surface area (Å²) < 4.78 is 0. The summed E-state index contributed by atoms with van der Waals surface area (Å²) in [6, 6.07) is 5.91. The molecular weight excluding hydrogens is 250 g/mol. The lowest BCUT2D eigenvalue weighted by atomic mass is 9.92. The van der Waals surface area contributed by atoms with Crippen LogP contribution in [-0.2, 0) is 0 Å². The fourth-order valence-electron chi connectivity index (χ4n) is 2.91. The summed E-state index contributed by atoms with van der Waals surface area (Å²) in [5.41, 5.74) is 2.99. The molecule has 1 aromatic rings. The van der Waals surface area contributed by atoms with Gasteiger partial charge in [0.25, 0.3) is 0 Å². The molecule has 1 fully saturated rings. The van der Waals surface area contributed by atoms with E-state index in [4.69, 9.17) is 0 Å². The Hall–Kier alpha value is -1.19. The average Bonchev–Trinajstić information content (AvgIpc) is 2.43. The second kappa shape index (κ2) is 6.06. The Kier molecular flexibility index (Phi) is 4.61. The van der Waals surface area contributed by atoms with E-state index < -0.39 is 0 Å². The Balaban J connectivity index is 2.14. The van der Waals surface area contributed by atoms with Gasteiger partial charge in [-0.3, -0.25) is 9.69 Å². The molecule has 3 heteroatoms. The number of aliphatic hydroxyl groups excluding tert-OH is 1. The average molecular weight is 275 g/mol. The van der Waals surface area contributed by atoms with Crippen molar-refractivity contribution in [1.82, 2.24) is 4.90 Å². The van der Waals surface area contributed by atoms with Crippen LogP contribution in [0, 0.1) is 19.8 Å². The van der Waals surface area contributed by atoms with Gasteiger partial charge in [0.2, 0.25) is 0 Å². The van der Waals surface area contributed by atoms with Crippen molar-refractivity contribution in [3.63, 3.8) is 0 Å². The number of likely N-dealkylation sites (tertiary alicyclic amines) is 1. The maximum Gasteiger partial charge on any atom is 0.179 e. The molecule has 1 aromatic carbocycles. The van der Waals surface area contributed by atoms with Gasteiger partial charge >= 0.3 is 0 Å². The van der Waals surface area contributed by atoms with Crippen LogP contribution in [-0.4, -0.2) is 41.0 Å². The number of aryl methyl sites for hydroxylation is 2. The minimum absolute atomic E-state index is 0.120. The van der Waals surface area contributed by atoms with E-state index >= 15 is 0 Å². The highest BCUT2D eigenvalue weighted by molar-refractivity contribution is 6.01. The smallest absolute Gasteiger partial charge is 0.179 e. The van der Waals surface area contributed by atoms with Crippen molar-refractivity contribution in [1.29, 1.82) is 0 Å². The van der Waals surface area contributed by atoms with Gasteiger partial charge in [0.15, 0.2) is 5.78 Å². The third-order valence-electron chi connectivity index (χ3n) is 4.48. The number of piperidine rings is 1. The number of ketones is 1. The maximum atomic E-state index is 12.7. The van der Waals surface area contributed by atoms with Crippen LogP contribution in [0.2, 0.25) is 0 Å². The van der Waals surface area contributed by atoms with Crippen LogP contribution in [0.1, 0.15) is 41.8 Å². The van der Waals surface area contributed by atoms with Crippen molar-refractivity contribution in [3.8, 4) is 0 Å². The first kappa shape index (κ1) is 15.2. The van der Waals surface area contributed by atoms with Gasteiger partial charge in [-0.25, -0.2) is 0 Å². The number of Topliss-reactive ketones (excluding diaryl/α,β-unsaturated/α-hetero) is 1. The van der Waals surface area contributed by atoms with E-state index in [9.17, 15) is 9.90 Å². The first-order chi connectivity index (χ1) is 9.40. The summed E-state index contributed by atoms with van der Waals surface area (Å²) in [7, 11) is 0. The van der Waals surface area contributed by atoms with Crippen LogP contribution >= 0.6 is 0 Å². The molecule has 1 saturated heterocycles. The molecule has 0 bridgehead atoms. The normalized spacial score (nSPS) is 25.4. The predicted octanol–water partition coefficient (Wildman–Crippen LogP) is 2.58. The molecule has 1 aliphatic rings. The van der Waals surface area contributed by atoms with Gasteiger partial charge in [0.05, 0.1) is 12.1 Å². The number of aliphatic hydroxyl groups is 1. The topological polar surface area (TPSA) is 40.5 Å². The van der Waals surface area contributed by atoms with E-state index in [1.54, 1.807) is 0 Å². The van der Waals surface area contributed by atoms with Crippen LogP contribution in [0.4, 0.5) is 0 Å². The van der Waals surface area contributed by atoms with Crippen LogP contribution in [0.3, 0.4) is 0 Å². The van der Waals surface area contributed by atoms with Crippen LogP contribution in [0.25, 0.3) is 0 Å². The molecular formula is C17H25NO2. The summed E-state index contributed by atoms with van der Waals surface area (Å²) in [6.07, 6.45) is 0.528. The first-order valence-electron chi connectivity index (χ1n) is 7.43. The minimum atomic E-state index is -0.228. The summed E-state index contributed by atoms with van der Waals surface area (Å²) in [5.74, 6) is 0.424. The maximum absolute atomic E-state index is 12.7. The van der Waals surface area contributed by atoms with Gasteiger partial charge in [-0.2, -0.15) is 0 Å². The zero-order valence-electron chi connectivity index (χ0n) is 12.9. The van der Waals surface area contributed by atoms with Gasteiger partial charge < -0.3 is 5.11 Å². The lowest BCUT2D eigenvalue weighted by Crippen LogP contribution is -2.48. The number of carbonyl (C=O) groups is 1. The van der Waals surface area contributed by atoms with Gasteiger partial charge in [-0.15, -0.1) is 0 Å². The minimum Gasteiger partial charge on any atom is -0.393 e. The molecule has 20 heavy (non-hydrogen) atoms. The standard InChI is InChI=1S/C17H25NO2/c1-11-5-6-12(2)15(9-11)17(20)14(4)18-8-7-16(19)13(3)10-18/h5-6,9,13-14,16,19H,7-8,10H2,1-4H3. The van der Waals surface area contributed by atoms with Crippen LogP contribution < -0.4 is 0 Å². The Morgan fingerprint density at radius 2 is 2.10 bits per heavy atom. The van der Waals surface area contributed by atoms with E-state index in [0.717, 1.165) is 36.2 Å². The van der Waals surface area contributed by atoms with Gasteiger partial charge in [-0.1, -0.05) is 24.6 Å². The number of benzene rings is 1. The van der Waals surface area contributed by atoms with Crippen molar-refractivity contribution in [3.05, 3.63) is 34.9 Å². The van der Waals surface area contributed by atoms with E-state index in [1.807, 2.05) is 45.9 Å². The zero-order valence-corrected chi connectivity index (χ0v) is 12.9. The molecule has 3 atom stereocenters. The Labute approximate surface area is 121 Å². The summed E-state index contributed by atoms with van der Waals surface area (Å²) in [4.78, 5) is 14.9. The number of nitrogens with zero attached hydrogens (tertiary/aromatic N) is 1. The quantitative estimate of drug-likeness (QED) is 0.862. The number of hydrogen-bond acceptors (Lipinski definition) is 3. The molecule has 0 spiro atoms. The molecule has 3 nitrogen and oxygen atoms in total. The fraction of sp³-hybridized carbons (Fsp3) is 0.588. The predicted molar refractivity (Wildman–Crippen MR) is 81.1 cm³/mol. The van der Waals surface area contributed by atoms with E-state index in [0.29, 0.717) is 0 Å². The highest BCUT2D eigenvalue weighted by atomic mass is 16.3. The van der Waals surface area contributed by atoms with Crippen LogP contribution in [0.5, 0.6) is 0 Å². The molecule has 1 N–H and O–H groups in total. The molecule has 0 amide bonds. The second-order valence-corrected chi connectivity index (χ2v) is 6.19. The molecule has 0 aromatic heterocycles. The van der Waals surface area contributed by atoms with Crippen molar-refractivity contribution in [2.24, 2.45) is 5.92 Å². The molecule has 0 saturated carbocycles. The van der Waals surface area contributed by atoms with Crippen molar-refractivity contribution >= 4 is 5.78 Å².